The Morgan fingerprint density at radius 1 is 0.571 bits per heavy atom. The van der Waals surface area contributed by atoms with E-state index in [4.69, 9.17) is 9.47 Å². The average Bonchev–Trinajstić information content (AvgIpc) is 3.68. The standard InChI is InChI=1S/2C24H29O.C2H6Si.2ClH.Zr/c2*1-16(2)12-17-13-19-15-21(24(3,4)5)23(25-6)22(20(19)14-17)18-10-8-7-9-11-18;1-3-2;;;/h2*7-11,13-16H,12H2,1-6H3;1-2H3;2*1H;/q2*-1;;;;+2/p-2. The summed E-state index contributed by atoms with van der Waals surface area (Å²) < 4.78 is 11.9. The first-order valence-corrected chi connectivity index (χ1v) is 25.8. The van der Waals surface area contributed by atoms with Crippen LogP contribution < -0.4 is 34.3 Å². The van der Waals surface area contributed by atoms with Gasteiger partial charge in [-0.2, -0.15) is 12.1 Å². The van der Waals surface area contributed by atoms with E-state index < -0.39 is 0 Å². The molecule has 0 saturated carbocycles. The summed E-state index contributed by atoms with van der Waals surface area (Å²) >= 11 is 1.74. The summed E-state index contributed by atoms with van der Waals surface area (Å²) in [6, 6.07) is 35.3. The summed E-state index contributed by atoms with van der Waals surface area (Å²) in [7, 11) is 3.58. The van der Waals surface area contributed by atoms with Crippen LogP contribution >= 0.6 is 0 Å². The van der Waals surface area contributed by atoms with Crippen molar-refractivity contribution >= 4 is 27.0 Å². The van der Waals surface area contributed by atoms with E-state index in [1.807, 2.05) is 0 Å². The molecule has 6 aromatic rings. The number of benzene rings is 4. The quantitative estimate of drug-likeness (QED) is 0.113. The SMILES string of the molecule is COc1c(C(C)(C)C)cc2[cH-]c(CC(C)C)cc2c1-c1ccccc1.COc1c(C(C)(C)C)cc2[cH-]c(CC(C)C)cc2c1-c1ccccc1.C[Si](C)=[Zr+2].[Cl-].[Cl-]. The van der Waals surface area contributed by atoms with Crippen LogP contribution in [0.1, 0.15) is 91.5 Å². The second-order valence-electron chi connectivity index (χ2n) is 17.8. The third-order valence-corrected chi connectivity index (χ3v) is 9.48. The summed E-state index contributed by atoms with van der Waals surface area (Å²) in [5, 5.41) is 5.24. The molecule has 0 amide bonds. The van der Waals surface area contributed by atoms with Gasteiger partial charge in [0.15, 0.2) is 0 Å². The van der Waals surface area contributed by atoms with Crippen LogP contribution in [0.15, 0.2) is 97.1 Å². The molecule has 2 nitrogen and oxygen atoms in total. The molecule has 300 valence electrons. The van der Waals surface area contributed by atoms with Crippen molar-refractivity contribution in [3.8, 4) is 33.8 Å². The molecule has 0 spiro atoms. The average molecular weight is 887 g/mol. The van der Waals surface area contributed by atoms with Crippen molar-refractivity contribution in [2.75, 3.05) is 14.2 Å². The second-order valence-corrected chi connectivity index (χ2v) is 27.2. The fourth-order valence-corrected chi connectivity index (χ4v) is 7.30. The molecule has 0 bridgehead atoms. The molecule has 6 aromatic carbocycles. The molecule has 0 unspecified atom stereocenters. The Morgan fingerprint density at radius 2 is 0.875 bits per heavy atom. The first-order valence-electron chi connectivity index (χ1n) is 19.6. The number of ether oxygens (including phenoxy) is 2. The van der Waals surface area contributed by atoms with Crippen LogP contribution in [0.5, 0.6) is 11.5 Å². The fourth-order valence-electron chi connectivity index (χ4n) is 7.30. The molecular formula is C50H64Cl2O2SiZr-2. The van der Waals surface area contributed by atoms with Gasteiger partial charge in [-0.15, -0.1) is 56.9 Å². The van der Waals surface area contributed by atoms with Gasteiger partial charge in [0, 0.05) is 0 Å². The molecule has 0 saturated heterocycles. The predicted octanol–water partition coefficient (Wildman–Crippen LogP) is 8.25. The van der Waals surface area contributed by atoms with Gasteiger partial charge < -0.3 is 34.3 Å². The van der Waals surface area contributed by atoms with E-state index in [0.717, 1.165) is 24.3 Å². The number of methoxy groups -OCH3 is 2. The van der Waals surface area contributed by atoms with Crippen LogP contribution in [0.3, 0.4) is 0 Å². The molecule has 0 atom stereocenters. The predicted molar refractivity (Wildman–Crippen MR) is 235 cm³/mol. The minimum absolute atomic E-state index is 0. The topological polar surface area (TPSA) is 18.5 Å². The van der Waals surface area contributed by atoms with E-state index in [1.165, 1.54) is 66.1 Å². The van der Waals surface area contributed by atoms with E-state index in [9.17, 15) is 0 Å². The van der Waals surface area contributed by atoms with Gasteiger partial charge in [0.1, 0.15) is 11.5 Å². The maximum atomic E-state index is 5.96. The third-order valence-electron chi connectivity index (χ3n) is 9.48. The zero-order chi connectivity index (χ0) is 40.0. The Bertz CT molecular complexity index is 1990. The van der Waals surface area contributed by atoms with Crippen molar-refractivity contribution in [2.45, 2.75) is 106 Å². The van der Waals surface area contributed by atoms with Crippen LogP contribution in [-0.2, 0) is 47.0 Å². The van der Waals surface area contributed by atoms with E-state index in [2.05, 4.69) is 179 Å². The van der Waals surface area contributed by atoms with E-state index in [0.29, 0.717) is 11.8 Å². The molecule has 0 aliphatic carbocycles. The zero-order valence-electron chi connectivity index (χ0n) is 36.4. The van der Waals surface area contributed by atoms with Gasteiger partial charge in [-0.3, -0.25) is 0 Å². The molecule has 0 heterocycles. The molecule has 0 aliphatic heterocycles. The van der Waals surface area contributed by atoms with E-state index >= 15 is 0 Å². The Labute approximate surface area is 367 Å². The minimum atomic E-state index is 0. The van der Waals surface area contributed by atoms with Crippen molar-refractivity contribution in [1.29, 1.82) is 0 Å². The van der Waals surface area contributed by atoms with E-state index in [-0.39, 0.29) is 41.1 Å². The fraction of sp³-hybridized carbons (Fsp3) is 0.400. The van der Waals surface area contributed by atoms with Crippen molar-refractivity contribution in [1.82, 2.24) is 0 Å². The maximum Gasteiger partial charge on any atom is -1.00 e. The molecule has 0 fully saturated rings. The number of halogens is 2. The van der Waals surface area contributed by atoms with Crippen LogP contribution in [0, 0.1) is 11.8 Å². The summed E-state index contributed by atoms with van der Waals surface area (Å²) in [6.07, 6.45) is 2.21. The molecule has 56 heavy (non-hydrogen) atoms. The van der Waals surface area contributed by atoms with Crippen molar-refractivity contribution in [3.05, 3.63) is 119 Å². The van der Waals surface area contributed by atoms with Crippen molar-refractivity contribution in [2.24, 2.45) is 11.8 Å². The van der Waals surface area contributed by atoms with Crippen LogP contribution in [-0.4, -0.2) is 19.7 Å². The number of hydrogen-bond acceptors (Lipinski definition) is 2. The van der Waals surface area contributed by atoms with Crippen molar-refractivity contribution in [3.63, 3.8) is 0 Å². The Hall–Kier alpha value is -2.62. The van der Waals surface area contributed by atoms with Gasteiger partial charge in [0.25, 0.3) is 0 Å². The van der Waals surface area contributed by atoms with E-state index in [1.54, 1.807) is 37.6 Å². The molecular weight excluding hydrogens is 823 g/mol. The first kappa shape index (κ1) is 49.5. The number of rotatable bonds is 8. The summed E-state index contributed by atoms with van der Waals surface area (Å²) in [6.45, 7) is 27.2. The first-order chi connectivity index (χ1) is 25.3. The van der Waals surface area contributed by atoms with Gasteiger partial charge >= 0.3 is 41.9 Å². The second kappa shape index (κ2) is 21.4. The van der Waals surface area contributed by atoms with Gasteiger partial charge in [0.2, 0.25) is 0 Å². The van der Waals surface area contributed by atoms with Crippen LogP contribution in [0.2, 0.25) is 13.1 Å². The maximum absolute atomic E-state index is 5.96. The molecule has 6 heteroatoms. The molecule has 0 radical (unpaired) electrons. The van der Waals surface area contributed by atoms with Gasteiger partial charge in [-0.25, -0.2) is 0 Å². The van der Waals surface area contributed by atoms with Gasteiger partial charge in [0.05, 0.1) is 14.2 Å². The number of hydrogen-bond donors (Lipinski definition) is 0. The Kier molecular flexibility index (Phi) is 18.9. The van der Waals surface area contributed by atoms with Crippen molar-refractivity contribution < 1.29 is 57.6 Å². The molecule has 0 aliphatic rings. The zero-order valence-corrected chi connectivity index (χ0v) is 41.3. The molecule has 6 rings (SSSR count). The number of fused-ring (bicyclic) bond motifs is 2. The molecule has 0 N–H and O–H groups in total. The van der Waals surface area contributed by atoms with Gasteiger partial charge in [-0.05, 0) is 68.9 Å². The molecule has 0 aromatic heterocycles. The summed E-state index contributed by atoms with van der Waals surface area (Å²) in [4.78, 5) is 0. The van der Waals surface area contributed by atoms with Crippen LogP contribution in [0.25, 0.3) is 43.8 Å². The largest absolute Gasteiger partial charge is 1.00 e. The normalized spacial score (nSPS) is 11.3. The smallest absolute Gasteiger partial charge is 1.00 e. The summed E-state index contributed by atoms with van der Waals surface area (Å²) in [5.74, 6) is 3.32. The Balaban J connectivity index is 0.000000342. The third kappa shape index (κ3) is 12.7. The van der Waals surface area contributed by atoms with Crippen LogP contribution in [0.4, 0.5) is 0 Å². The Morgan fingerprint density at radius 3 is 1.12 bits per heavy atom. The van der Waals surface area contributed by atoms with Gasteiger partial charge in [-0.1, -0.05) is 130 Å². The monoisotopic (exact) mass is 884 g/mol. The summed E-state index contributed by atoms with van der Waals surface area (Å²) in [5.41, 5.74) is 10.5. The minimum Gasteiger partial charge on any atom is -1.00 e.